The normalized spacial score (nSPS) is 12.3. The van der Waals surface area contributed by atoms with Gasteiger partial charge in [-0.25, -0.2) is 17.6 Å². The molecule has 8 heteroatoms. The van der Waals surface area contributed by atoms with E-state index < -0.39 is 34.9 Å². The lowest BCUT2D eigenvalue weighted by molar-refractivity contribution is -0.187. The van der Waals surface area contributed by atoms with E-state index in [9.17, 15) is 26.3 Å². The Kier molecular flexibility index (Phi) is 7.90. The third kappa shape index (κ3) is 5.90. The molecule has 4 rings (SSSR count). The molecule has 196 valence electrons. The molecule has 0 aliphatic heterocycles. The molecule has 38 heavy (non-hydrogen) atoms. The Balaban J connectivity index is 1.50. The van der Waals surface area contributed by atoms with Crippen molar-refractivity contribution in [3.05, 3.63) is 113 Å². The van der Waals surface area contributed by atoms with E-state index in [1.807, 2.05) is 6.92 Å². The lowest BCUT2D eigenvalue weighted by Crippen LogP contribution is -2.23. The van der Waals surface area contributed by atoms with E-state index in [0.29, 0.717) is 29.5 Å². The van der Waals surface area contributed by atoms with Crippen LogP contribution in [0.5, 0.6) is 5.75 Å². The molecule has 0 amide bonds. The number of ether oxygens (including phenoxy) is 1. The molecule has 2 nitrogen and oxygen atoms in total. The molecule has 4 aromatic carbocycles. The second kappa shape index (κ2) is 11.1. The first-order chi connectivity index (χ1) is 18.1. The third-order valence-corrected chi connectivity index (χ3v) is 6.24. The van der Waals surface area contributed by atoms with Gasteiger partial charge in [0, 0.05) is 5.56 Å². The van der Waals surface area contributed by atoms with Gasteiger partial charge in [0.15, 0.2) is 11.6 Å². The first kappa shape index (κ1) is 27.0. The van der Waals surface area contributed by atoms with Gasteiger partial charge in [0.25, 0.3) is 0 Å². The highest BCUT2D eigenvalue weighted by Crippen LogP contribution is 2.35. The number of hydrogen-bond acceptors (Lipinski definition) is 2. The van der Waals surface area contributed by atoms with Crippen LogP contribution in [-0.2, 0) is 12.5 Å². The highest BCUT2D eigenvalue weighted by Gasteiger charge is 2.37. The zero-order valence-electron chi connectivity index (χ0n) is 20.3. The van der Waals surface area contributed by atoms with E-state index in [2.05, 4.69) is 0 Å². The van der Waals surface area contributed by atoms with Crippen LogP contribution in [0.1, 0.15) is 24.5 Å². The summed E-state index contributed by atoms with van der Waals surface area (Å²) in [7, 11) is 0. The lowest BCUT2D eigenvalue weighted by atomic mass is 9.97. The van der Waals surface area contributed by atoms with E-state index in [0.717, 1.165) is 24.3 Å². The van der Waals surface area contributed by atoms with Crippen LogP contribution >= 0.6 is 0 Å². The Bertz CT molecular complexity index is 1450. The molecule has 0 heterocycles. The summed E-state index contributed by atoms with van der Waals surface area (Å²) >= 11 is 0. The molecule has 0 radical (unpaired) electrons. The van der Waals surface area contributed by atoms with E-state index >= 15 is 0 Å². The molecule has 0 saturated carbocycles. The van der Waals surface area contributed by atoms with Crippen LogP contribution in [0, 0.1) is 34.6 Å². The maximum Gasteiger partial charge on any atom is 0.429 e. The Labute approximate surface area is 216 Å². The number of benzene rings is 4. The molecule has 4 aromatic rings. The summed E-state index contributed by atoms with van der Waals surface area (Å²) in [4.78, 5) is 0. The van der Waals surface area contributed by atoms with Gasteiger partial charge in [0.2, 0.25) is 0 Å². The molecule has 0 aromatic heterocycles. The number of nitrogens with one attached hydrogen (secondary N) is 1. The summed E-state index contributed by atoms with van der Waals surface area (Å²) in [6.07, 6.45) is -1.66. The van der Waals surface area contributed by atoms with Crippen LogP contribution in [0.25, 0.3) is 22.3 Å². The van der Waals surface area contributed by atoms with Crippen LogP contribution in [0.4, 0.5) is 26.3 Å². The van der Waals surface area contributed by atoms with Gasteiger partial charge < -0.3 is 10.1 Å². The summed E-state index contributed by atoms with van der Waals surface area (Å²) in [5.41, 5.74) is 0.739. The van der Waals surface area contributed by atoms with Gasteiger partial charge in [-0.2, -0.15) is 8.78 Å². The Morgan fingerprint density at radius 1 is 0.737 bits per heavy atom. The van der Waals surface area contributed by atoms with Crippen LogP contribution in [0.3, 0.4) is 0 Å². The summed E-state index contributed by atoms with van der Waals surface area (Å²) in [5.74, 6) is -4.25. The topological polar surface area (TPSA) is 33.1 Å². The first-order valence-corrected chi connectivity index (χ1v) is 11.8. The van der Waals surface area contributed by atoms with Gasteiger partial charge in [0.1, 0.15) is 17.4 Å². The zero-order chi connectivity index (χ0) is 27.4. The molecule has 0 fully saturated rings. The second-order valence-corrected chi connectivity index (χ2v) is 8.82. The zero-order valence-corrected chi connectivity index (χ0v) is 20.3. The smallest absolute Gasteiger partial charge is 0.429 e. The molecule has 1 unspecified atom stereocenters. The van der Waals surface area contributed by atoms with Crippen molar-refractivity contribution in [1.82, 2.24) is 0 Å². The predicted octanol–water partition coefficient (Wildman–Crippen LogP) is 8.92. The fourth-order valence-electron chi connectivity index (χ4n) is 4.06. The predicted molar refractivity (Wildman–Crippen MR) is 134 cm³/mol. The van der Waals surface area contributed by atoms with Gasteiger partial charge in [-0.15, -0.1) is 0 Å². The van der Waals surface area contributed by atoms with Crippen molar-refractivity contribution >= 4 is 6.21 Å². The molecule has 0 aliphatic rings. The SMILES string of the molecule is CCC(C=N)Cc1ccc(C(F)(F)Oc2ccc(-c3ccc(-c4ccc(F)c(F)c4)c(F)c3)cc2)c(F)c1. The maximum atomic E-state index is 14.8. The van der Waals surface area contributed by atoms with Gasteiger partial charge >= 0.3 is 6.11 Å². The van der Waals surface area contributed by atoms with Crippen molar-refractivity contribution in [3.8, 4) is 28.0 Å². The van der Waals surface area contributed by atoms with Crippen molar-refractivity contribution in [1.29, 1.82) is 5.41 Å². The quantitative estimate of drug-likeness (QED) is 0.171. The van der Waals surface area contributed by atoms with Crippen molar-refractivity contribution in [2.45, 2.75) is 25.9 Å². The summed E-state index contributed by atoms with van der Waals surface area (Å²) in [5, 5.41) is 7.37. The average Bonchev–Trinajstić information content (AvgIpc) is 2.89. The van der Waals surface area contributed by atoms with E-state index in [-0.39, 0.29) is 22.8 Å². The fourth-order valence-corrected chi connectivity index (χ4v) is 4.06. The Morgan fingerprint density at radius 2 is 1.39 bits per heavy atom. The van der Waals surface area contributed by atoms with Crippen molar-refractivity contribution in [2.75, 3.05) is 0 Å². The molecule has 1 atom stereocenters. The number of hydrogen-bond donors (Lipinski definition) is 1. The van der Waals surface area contributed by atoms with Crippen molar-refractivity contribution in [2.24, 2.45) is 5.92 Å². The molecule has 0 spiro atoms. The maximum absolute atomic E-state index is 14.8. The average molecular weight is 528 g/mol. The lowest BCUT2D eigenvalue weighted by Gasteiger charge is -2.20. The molecular weight excluding hydrogens is 504 g/mol. The van der Waals surface area contributed by atoms with Gasteiger partial charge in [-0.3, -0.25) is 0 Å². The minimum absolute atomic E-state index is 0.0725. The molecule has 1 N–H and O–H groups in total. The van der Waals surface area contributed by atoms with E-state index in [4.69, 9.17) is 10.1 Å². The number of halogens is 6. The van der Waals surface area contributed by atoms with Crippen LogP contribution in [-0.4, -0.2) is 6.21 Å². The monoisotopic (exact) mass is 527 g/mol. The third-order valence-electron chi connectivity index (χ3n) is 6.24. The van der Waals surface area contributed by atoms with Gasteiger partial charge in [0.05, 0.1) is 5.56 Å². The second-order valence-electron chi connectivity index (χ2n) is 8.82. The van der Waals surface area contributed by atoms with Crippen molar-refractivity contribution in [3.63, 3.8) is 0 Å². The van der Waals surface area contributed by atoms with E-state index in [1.165, 1.54) is 54.7 Å². The molecule has 0 aliphatic carbocycles. The van der Waals surface area contributed by atoms with Crippen LogP contribution < -0.4 is 4.74 Å². The Morgan fingerprint density at radius 3 is 2.00 bits per heavy atom. The van der Waals surface area contributed by atoms with Gasteiger partial charge in [-0.1, -0.05) is 43.3 Å². The minimum Gasteiger partial charge on any atom is -0.429 e. The molecular formula is C30H23F6NO. The minimum atomic E-state index is -3.95. The summed E-state index contributed by atoms with van der Waals surface area (Å²) in [6, 6.07) is 16.0. The Hall–Kier alpha value is -4.07. The molecule has 0 saturated heterocycles. The largest absolute Gasteiger partial charge is 0.429 e. The highest BCUT2D eigenvalue weighted by molar-refractivity contribution is 5.71. The highest BCUT2D eigenvalue weighted by atomic mass is 19.3. The summed E-state index contributed by atoms with van der Waals surface area (Å²) in [6.45, 7) is 1.88. The molecule has 0 bridgehead atoms. The standard InChI is InChI=1S/C30H23F6NO/c1-2-18(17-37)13-19-3-11-25(28(33)14-19)30(35,36)38-23-8-4-20(5-9-23)21-6-10-24(27(32)15-21)22-7-12-26(31)29(34)16-22/h3-12,14-18,37H,2,13H2,1H3. The van der Waals surface area contributed by atoms with Gasteiger partial charge in [-0.05, 0) is 89.7 Å². The fraction of sp³-hybridized carbons (Fsp3) is 0.167. The van der Waals surface area contributed by atoms with Crippen LogP contribution in [0.15, 0.2) is 78.9 Å². The van der Waals surface area contributed by atoms with E-state index in [1.54, 1.807) is 6.07 Å². The summed E-state index contributed by atoms with van der Waals surface area (Å²) < 4.78 is 90.3. The first-order valence-electron chi connectivity index (χ1n) is 11.8. The van der Waals surface area contributed by atoms with Crippen LogP contribution in [0.2, 0.25) is 0 Å². The van der Waals surface area contributed by atoms with Crippen molar-refractivity contribution < 1.29 is 31.1 Å². The number of rotatable bonds is 9. The number of alkyl halides is 2.